The highest BCUT2D eigenvalue weighted by atomic mass is 35.5. The molecular formula is C10H15ClN2O. The van der Waals surface area contributed by atoms with Crippen LogP contribution in [0.25, 0.3) is 0 Å². The number of hydrogen-bond donors (Lipinski definition) is 1. The van der Waals surface area contributed by atoms with Crippen molar-refractivity contribution in [1.82, 2.24) is 10.3 Å². The van der Waals surface area contributed by atoms with Crippen molar-refractivity contribution in [1.29, 1.82) is 0 Å². The Labute approximate surface area is 89.4 Å². The normalized spacial score (nSPS) is 10.3. The molecule has 0 spiro atoms. The lowest BCUT2D eigenvalue weighted by Gasteiger charge is -2.10. The summed E-state index contributed by atoms with van der Waals surface area (Å²) in [7, 11) is 3.54. The largest absolute Gasteiger partial charge is 0.495 e. The highest BCUT2D eigenvalue weighted by Gasteiger charge is 2.09. The fourth-order valence-corrected chi connectivity index (χ4v) is 1.61. The van der Waals surface area contributed by atoms with Crippen LogP contribution in [0.1, 0.15) is 11.3 Å². The first-order chi connectivity index (χ1) is 6.70. The van der Waals surface area contributed by atoms with Gasteiger partial charge in [0.15, 0.2) is 0 Å². The Morgan fingerprint density at radius 2 is 2.29 bits per heavy atom. The summed E-state index contributed by atoms with van der Waals surface area (Å²) >= 11 is 5.93. The van der Waals surface area contributed by atoms with Gasteiger partial charge in [-0.3, -0.25) is 4.98 Å². The Balaban J connectivity index is 2.96. The molecule has 1 rings (SSSR count). The number of ether oxygens (including phenoxy) is 1. The highest BCUT2D eigenvalue weighted by Crippen LogP contribution is 2.28. The number of nitrogens with one attached hydrogen (secondary N) is 1. The van der Waals surface area contributed by atoms with Crippen LogP contribution in [0.3, 0.4) is 0 Å². The van der Waals surface area contributed by atoms with E-state index in [-0.39, 0.29) is 0 Å². The summed E-state index contributed by atoms with van der Waals surface area (Å²) in [5.41, 5.74) is 2.05. The minimum Gasteiger partial charge on any atom is -0.495 e. The minimum atomic E-state index is 0.568. The number of rotatable bonds is 4. The van der Waals surface area contributed by atoms with E-state index in [1.165, 1.54) is 0 Å². The Bertz CT molecular complexity index is 315. The first-order valence-electron chi connectivity index (χ1n) is 4.53. The third kappa shape index (κ3) is 2.36. The molecule has 0 saturated carbocycles. The summed E-state index contributed by atoms with van der Waals surface area (Å²) in [6.45, 7) is 2.88. The van der Waals surface area contributed by atoms with Gasteiger partial charge in [0.1, 0.15) is 10.8 Å². The average Bonchev–Trinajstić information content (AvgIpc) is 2.18. The Morgan fingerprint density at radius 1 is 1.57 bits per heavy atom. The van der Waals surface area contributed by atoms with Crippen LogP contribution in [0.15, 0.2) is 6.20 Å². The SMILES string of the molecule is CNCCc1ncc(Cl)c(OC)c1C. The minimum absolute atomic E-state index is 0.568. The first kappa shape index (κ1) is 11.3. The number of nitrogens with zero attached hydrogens (tertiary/aromatic N) is 1. The molecule has 0 fully saturated rings. The summed E-state index contributed by atoms with van der Waals surface area (Å²) in [4.78, 5) is 4.27. The molecule has 1 N–H and O–H groups in total. The van der Waals surface area contributed by atoms with Gasteiger partial charge in [0.2, 0.25) is 0 Å². The third-order valence-corrected chi connectivity index (χ3v) is 2.41. The first-order valence-corrected chi connectivity index (χ1v) is 4.91. The molecule has 0 unspecified atom stereocenters. The van der Waals surface area contributed by atoms with Crippen molar-refractivity contribution >= 4 is 11.6 Å². The summed E-state index contributed by atoms with van der Waals surface area (Å²) in [6.07, 6.45) is 2.52. The van der Waals surface area contributed by atoms with Crippen LogP contribution < -0.4 is 10.1 Å². The quantitative estimate of drug-likeness (QED) is 0.830. The van der Waals surface area contributed by atoms with Crippen molar-refractivity contribution in [3.05, 3.63) is 22.5 Å². The zero-order valence-corrected chi connectivity index (χ0v) is 9.48. The van der Waals surface area contributed by atoms with E-state index in [0.717, 1.165) is 30.0 Å². The maximum absolute atomic E-state index is 5.93. The summed E-state index contributed by atoms with van der Waals surface area (Å²) in [5, 5.41) is 3.65. The molecule has 0 radical (unpaired) electrons. The van der Waals surface area contributed by atoms with E-state index in [2.05, 4.69) is 10.3 Å². The summed E-state index contributed by atoms with van der Waals surface area (Å²) < 4.78 is 5.20. The van der Waals surface area contributed by atoms with Gasteiger partial charge in [-0.2, -0.15) is 0 Å². The van der Waals surface area contributed by atoms with E-state index in [9.17, 15) is 0 Å². The predicted octanol–water partition coefficient (Wildman–Crippen LogP) is 1.81. The van der Waals surface area contributed by atoms with Crippen molar-refractivity contribution < 1.29 is 4.74 Å². The molecular weight excluding hydrogens is 200 g/mol. The van der Waals surface area contributed by atoms with Crippen LogP contribution in [0.4, 0.5) is 0 Å². The number of methoxy groups -OCH3 is 1. The van der Waals surface area contributed by atoms with E-state index in [1.807, 2.05) is 14.0 Å². The molecule has 0 aliphatic rings. The average molecular weight is 215 g/mol. The maximum Gasteiger partial charge on any atom is 0.143 e. The number of halogens is 1. The van der Waals surface area contributed by atoms with Crippen LogP contribution >= 0.6 is 11.6 Å². The summed E-state index contributed by atoms with van der Waals surface area (Å²) in [5.74, 6) is 0.729. The van der Waals surface area contributed by atoms with Crippen LogP contribution in [0, 0.1) is 6.92 Å². The smallest absolute Gasteiger partial charge is 0.143 e. The monoisotopic (exact) mass is 214 g/mol. The van der Waals surface area contributed by atoms with Crippen molar-refractivity contribution in [3.8, 4) is 5.75 Å². The molecule has 0 saturated heterocycles. The fourth-order valence-electron chi connectivity index (χ4n) is 1.35. The number of pyridine rings is 1. The van der Waals surface area contributed by atoms with Crippen molar-refractivity contribution in [2.45, 2.75) is 13.3 Å². The topological polar surface area (TPSA) is 34.2 Å². The van der Waals surface area contributed by atoms with Gasteiger partial charge < -0.3 is 10.1 Å². The number of likely N-dealkylation sites (N-methyl/N-ethyl adjacent to an activating group) is 1. The van der Waals surface area contributed by atoms with Crippen LogP contribution in [0.5, 0.6) is 5.75 Å². The lowest BCUT2D eigenvalue weighted by Crippen LogP contribution is -2.12. The van der Waals surface area contributed by atoms with E-state index < -0.39 is 0 Å². The van der Waals surface area contributed by atoms with E-state index in [0.29, 0.717) is 5.02 Å². The molecule has 4 heteroatoms. The molecule has 0 bridgehead atoms. The zero-order valence-electron chi connectivity index (χ0n) is 8.72. The van der Waals surface area contributed by atoms with E-state index in [4.69, 9.17) is 16.3 Å². The molecule has 1 aromatic rings. The number of aromatic nitrogens is 1. The van der Waals surface area contributed by atoms with E-state index >= 15 is 0 Å². The zero-order chi connectivity index (χ0) is 10.6. The molecule has 3 nitrogen and oxygen atoms in total. The van der Waals surface area contributed by atoms with Gasteiger partial charge in [-0.15, -0.1) is 0 Å². The van der Waals surface area contributed by atoms with Gasteiger partial charge in [-0.25, -0.2) is 0 Å². The molecule has 0 amide bonds. The molecule has 1 aromatic heterocycles. The van der Waals surface area contributed by atoms with Crippen molar-refractivity contribution in [2.24, 2.45) is 0 Å². The molecule has 0 aromatic carbocycles. The lowest BCUT2D eigenvalue weighted by atomic mass is 10.1. The maximum atomic E-state index is 5.93. The molecule has 14 heavy (non-hydrogen) atoms. The molecule has 78 valence electrons. The molecule has 1 heterocycles. The van der Waals surface area contributed by atoms with Gasteiger partial charge in [0.05, 0.1) is 7.11 Å². The van der Waals surface area contributed by atoms with Gasteiger partial charge in [-0.05, 0) is 14.0 Å². The van der Waals surface area contributed by atoms with Crippen LogP contribution in [-0.2, 0) is 6.42 Å². The van der Waals surface area contributed by atoms with Crippen LogP contribution in [0.2, 0.25) is 5.02 Å². The predicted molar refractivity (Wildman–Crippen MR) is 58.2 cm³/mol. The fraction of sp³-hybridized carbons (Fsp3) is 0.500. The number of hydrogen-bond acceptors (Lipinski definition) is 3. The molecule has 0 aliphatic heterocycles. The third-order valence-electron chi connectivity index (χ3n) is 2.14. The standard InChI is InChI=1S/C10H15ClN2O/c1-7-9(4-5-12-2)13-6-8(11)10(7)14-3/h6,12H,4-5H2,1-3H3. The Morgan fingerprint density at radius 3 is 2.86 bits per heavy atom. The van der Waals surface area contributed by atoms with Crippen molar-refractivity contribution in [3.63, 3.8) is 0 Å². The highest BCUT2D eigenvalue weighted by molar-refractivity contribution is 6.32. The Kier molecular flexibility index (Phi) is 4.17. The second-order valence-corrected chi connectivity index (χ2v) is 3.47. The Hall–Kier alpha value is -0.800. The van der Waals surface area contributed by atoms with Gasteiger partial charge >= 0.3 is 0 Å². The van der Waals surface area contributed by atoms with E-state index in [1.54, 1.807) is 13.3 Å². The van der Waals surface area contributed by atoms with Crippen LogP contribution in [-0.4, -0.2) is 25.7 Å². The lowest BCUT2D eigenvalue weighted by molar-refractivity contribution is 0.410. The van der Waals surface area contributed by atoms with Gasteiger partial charge in [0.25, 0.3) is 0 Å². The van der Waals surface area contributed by atoms with Gasteiger partial charge in [0, 0.05) is 30.4 Å². The molecule has 0 aliphatic carbocycles. The molecule has 0 atom stereocenters. The summed E-state index contributed by atoms with van der Waals surface area (Å²) in [6, 6.07) is 0. The second-order valence-electron chi connectivity index (χ2n) is 3.06. The second kappa shape index (κ2) is 5.17. The van der Waals surface area contributed by atoms with Crippen molar-refractivity contribution in [2.75, 3.05) is 20.7 Å². The van der Waals surface area contributed by atoms with Gasteiger partial charge in [-0.1, -0.05) is 11.6 Å².